The maximum atomic E-state index is 12.9. The minimum Gasteiger partial charge on any atom is -0.347 e. The molecular weight excluding hydrogens is 382 g/mol. The molecule has 27 heavy (non-hydrogen) atoms. The molecule has 2 amide bonds. The molecule has 1 saturated heterocycles. The predicted octanol–water partition coefficient (Wildman–Crippen LogP) is 3.03. The van der Waals surface area contributed by atoms with Gasteiger partial charge in [0.05, 0.1) is 9.21 Å². The van der Waals surface area contributed by atoms with Crippen molar-refractivity contribution in [2.24, 2.45) is 0 Å². The highest BCUT2D eigenvalue weighted by molar-refractivity contribution is 7.18. The van der Waals surface area contributed by atoms with E-state index in [1.54, 1.807) is 12.1 Å². The lowest BCUT2D eigenvalue weighted by Crippen LogP contribution is -2.38. The van der Waals surface area contributed by atoms with Crippen molar-refractivity contribution in [1.29, 1.82) is 0 Å². The summed E-state index contributed by atoms with van der Waals surface area (Å²) in [6.45, 7) is 3.17. The third kappa shape index (κ3) is 4.03. The van der Waals surface area contributed by atoms with Crippen LogP contribution in [0.1, 0.15) is 37.6 Å². The molecule has 2 aliphatic heterocycles. The lowest BCUT2D eigenvalue weighted by atomic mass is 9.97. The first-order chi connectivity index (χ1) is 13.0. The smallest absolute Gasteiger partial charge is 0.261 e. The zero-order chi connectivity index (χ0) is 19.0. The number of carbonyl (C=O) groups is 2. The number of hydrogen-bond donors (Lipinski definition) is 1. The predicted molar refractivity (Wildman–Crippen MR) is 108 cm³/mol. The number of amides is 2. The number of likely N-dealkylation sites (tertiary alicyclic amines) is 1. The first kappa shape index (κ1) is 18.5. The zero-order valence-corrected chi connectivity index (χ0v) is 16.8. The van der Waals surface area contributed by atoms with E-state index in [2.05, 4.69) is 23.3 Å². The van der Waals surface area contributed by atoms with Crippen molar-refractivity contribution < 1.29 is 9.59 Å². The average molecular weight is 404 g/mol. The number of halogens is 1. The number of nitrogens with zero attached hydrogens (tertiary/aromatic N) is 2. The van der Waals surface area contributed by atoms with Crippen LogP contribution in [0.4, 0.5) is 0 Å². The van der Waals surface area contributed by atoms with Gasteiger partial charge in [-0.05, 0) is 55.3 Å². The number of rotatable bonds is 3. The highest BCUT2D eigenvalue weighted by atomic mass is 35.5. The number of benzene rings is 1. The van der Waals surface area contributed by atoms with Crippen LogP contribution in [0, 0.1) is 0 Å². The molecule has 7 heteroatoms. The van der Waals surface area contributed by atoms with Crippen molar-refractivity contribution in [3.05, 3.63) is 56.2 Å². The lowest BCUT2D eigenvalue weighted by Gasteiger charge is -2.25. The van der Waals surface area contributed by atoms with Crippen LogP contribution in [0.2, 0.25) is 4.34 Å². The van der Waals surface area contributed by atoms with Gasteiger partial charge < -0.3 is 15.1 Å². The van der Waals surface area contributed by atoms with Gasteiger partial charge >= 0.3 is 0 Å². The molecule has 4 rings (SSSR count). The van der Waals surface area contributed by atoms with Crippen LogP contribution in [-0.2, 0) is 13.0 Å². The summed E-state index contributed by atoms with van der Waals surface area (Å²) in [5, 5.41) is 3.01. The van der Waals surface area contributed by atoms with Crippen molar-refractivity contribution in [2.75, 3.05) is 26.7 Å². The minimum absolute atomic E-state index is 0.0198. The Kier molecular flexibility index (Phi) is 5.21. The van der Waals surface area contributed by atoms with Gasteiger partial charge in [-0.25, -0.2) is 0 Å². The Bertz CT molecular complexity index is 882. The van der Waals surface area contributed by atoms with Crippen LogP contribution >= 0.6 is 22.9 Å². The third-order valence-corrected chi connectivity index (χ3v) is 6.49. The molecule has 1 aromatic carbocycles. The Hall–Kier alpha value is -1.89. The van der Waals surface area contributed by atoms with Crippen LogP contribution < -0.4 is 5.32 Å². The summed E-state index contributed by atoms with van der Waals surface area (Å²) >= 11 is 7.16. The van der Waals surface area contributed by atoms with E-state index in [1.807, 2.05) is 17.0 Å². The molecule has 1 fully saturated rings. The van der Waals surface area contributed by atoms with Crippen molar-refractivity contribution in [3.8, 4) is 0 Å². The summed E-state index contributed by atoms with van der Waals surface area (Å²) < 4.78 is 0.599. The molecule has 5 nitrogen and oxygen atoms in total. The van der Waals surface area contributed by atoms with E-state index in [1.165, 1.54) is 22.5 Å². The lowest BCUT2D eigenvalue weighted by molar-refractivity contribution is 0.0783. The van der Waals surface area contributed by atoms with Gasteiger partial charge in [0.2, 0.25) is 0 Å². The van der Waals surface area contributed by atoms with Crippen LogP contribution in [0.5, 0.6) is 0 Å². The quantitative estimate of drug-likeness (QED) is 0.857. The van der Waals surface area contributed by atoms with Crippen molar-refractivity contribution in [1.82, 2.24) is 15.1 Å². The fourth-order valence-corrected chi connectivity index (χ4v) is 4.71. The van der Waals surface area contributed by atoms with E-state index in [0.717, 1.165) is 31.5 Å². The molecule has 0 bridgehead atoms. The summed E-state index contributed by atoms with van der Waals surface area (Å²) in [6.07, 6.45) is 1.75. The molecule has 0 radical (unpaired) electrons. The first-order valence-corrected chi connectivity index (χ1v) is 10.3. The zero-order valence-electron chi connectivity index (χ0n) is 15.2. The van der Waals surface area contributed by atoms with E-state index < -0.39 is 0 Å². The second kappa shape index (κ2) is 7.62. The van der Waals surface area contributed by atoms with Crippen LogP contribution in [0.15, 0.2) is 30.3 Å². The monoisotopic (exact) mass is 403 g/mol. The summed E-state index contributed by atoms with van der Waals surface area (Å²) in [6, 6.07) is 9.48. The van der Waals surface area contributed by atoms with E-state index in [9.17, 15) is 9.59 Å². The molecule has 1 aromatic heterocycles. The summed E-state index contributed by atoms with van der Waals surface area (Å²) in [5.74, 6) is -0.0725. The number of nitrogens with one attached hydrogen (secondary N) is 1. The number of likely N-dealkylation sites (N-methyl/N-ethyl adjacent to an activating group) is 1. The van der Waals surface area contributed by atoms with Gasteiger partial charge in [-0.15, -0.1) is 11.3 Å². The van der Waals surface area contributed by atoms with E-state index in [4.69, 9.17) is 11.6 Å². The van der Waals surface area contributed by atoms with Crippen LogP contribution in [0.25, 0.3) is 0 Å². The summed E-state index contributed by atoms with van der Waals surface area (Å²) in [5.41, 5.74) is 3.33. The van der Waals surface area contributed by atoms with Gasteiger partial charge in [-0.3, -0.25) is 9.59 Å². The Balaban J connectivity index is 1.38. The second-order valence-electron chi connectivity index (χ2n) is 7.29. The van der Waals surface area contributed by atoms with E-state index >= 15 is 0 Å². The number of fused-ring (bicyclic) bond motifs is 1. The van der Waals surface area contributed by atoms with Gasteiger partial charge in [-0.2, -0.15) is 0 Å². The SMILES string of the molecule is CN1CCc2cc(C(=O)N3CC[C@@H](NC(=O)c4ccc(Cl)s4)C3)ccc2C1. The Morgan fingerprint density at radius 3 is 2.81 bits per heavy atom. The second-order valence-corrected chi connectivity index (χ2v) is 9.00. The minimum atomic E-state index is -0.121. The van der Waals surface area contributed by atoms with E-state index in [-0.39, 0.29) is 17.9 Å². The van der Waals surface area contributed by atoms with Crippen molar-refractivity contribution >= 4 is 34.8 Å². The van der Waals surface area contributed by atoms with E-state index in [0.29, 0.717) is 22.3 Å². The molecule has 142 valence electrons. The normalized spacial score (nSPS) is 19.8. The average Bonchev–Trinajstić information content (AvgIpc) is 3.30. The highest BCUT2D eigenvalue weighted by Crippen LogP contribution is 2.23. The molecule has 0 unspecified atom stereocenters. The Labute approximate surface area is 167 Å². The van der Waals surface area contributed by atoms with Gasteiger partial charge in [0.1, 0.15) is 0 Å². The van der Waals surface area contributed by atoms with Gasteiger partial charge in [0, 0.05) is 37.8 Å². The van der Waals surface area contributed by atoms with Gasteiger partial charge in [0.25, 0.3) is 11.8 Å². The Morgan fingerprint density at radius 2 is 2.04 bits per heavy atom. The Morgan fingerprint density at radius 1 is 1.19 bits per heavy atom. The molecule has 3 heterocycles. The van der Waals surface area contributed by atoms with Crippen molar-refractivity contribution in [2.45, 2.75) is 25.4 Å². The molecule has 1 N–H and O–H groups in total. The molecule has 0 spiro atoms. The van der Waals surface area contributed by atoms with Crippen LogP contribution in [-0.4, -0.2) is 54.3 Å². The number of thiophene rings is 1. The van der Waals surface area contributed by atoms with Crippen molar-refractivity contribution in [3.63, 3.8) is 0 Å². The molecule has 2 aromatic rings. The topological polar surface area (TPSA) is 52.7 Å². The number of carbonyl (C=O) groups excluding carboxylic acids is 2. The molecule has 2 aliphatic rings. The van der Waals surface area contributed by atoms with Crippen LogP contribution in [0.3, 0.4) is 0 Å². The highest BCUT2D eigenvalue weighted by Gasteiger charge is 2.29. The first-order valence-electron chi connectivity index (χ1n) is 9.15. The maximum absolute atomic E-state index is 12.9. The fraction of sp³-hybridized carbons (Fsp3) is 0.400. The molecule has 0 aliphatic carbocycles. The fourth-order valence-electron chi connectivity index (χ4n) is 3.77. The largest absolute Gasteiger partial charge is 0.347 e. The summed E-state index contributed by atoms with van der Waals surface area (Å²) in [4.78, 5) is 29.9. The molecule has 1 atom stereocenters. The standard InChI is InChI=1S/C20H22ClN3O2S/c1-23-8-6-13-10-14(2-3-15(13)11-23)20(26)24-9-7-16(12-24)22-19(25)17-4-5-18(21)27-17/h2-5,10,16H,6-9,11-12H2,1H3,(H,22,25)/t16-/m1/s1. The number of hydrogen-bond acceptors (Lipinski definition) is 4. The third-order valence-electron chi connectivity index (χ3n) is 5.26. The molecular formula is C20H22ClN3O2S. The van der Waals surface area contributed by atoms with Gasteiger partial charge in [-0.1, -0.05) is 17.7 Å². The maximum Gasteiger partial charge on any atom is 0.261 e. The van der Waals surface area contributed by atoms with Gasteiger partial charge in [0.15, 0.2) is 0 Å². The molecule has 0 saturated carbocycles. The summed E-state index contributed by atoms with van der Waals surface area (Å²) in [7, 11) is 2.12.